The standard InChI is InChI=1S/C19H34N4O7S/c1-10(2)7-13(16(25)15(24)12(5)17(26)20-8-11(3)4)21-18(27)14-9-30-19(22-14)23-31(6,28)29/h9-13,15-16,24-25H,7-8H2,1-6H3,(H,20,26)(H,21,27)(H,22,23). The predicted octanol–water partition coefficient (Wildman–Crippen LogP) is 0.321. The summed E-state index contributed by atoms with van der Waals surface area (Å²) in [5.74, 6) is -1.74. The van der Waals surface area contributed by atoms with Crippen LogP contribution in [0.3, 0.4) is 0 Å². The number of anilines is 1. The van der Waals surface area contributed by atoms with Gasteiger partial charge in [0.2, 0.25) is 15.9 Å². The Morgan fingerprint density at radius 3 is 2.23 bits per heavy atom. The van der Waals surface area contributed by atoms with Gasteiger partial charge in [-0.05, 0) is 18.3 Å². The summed E-state index contributed by atoms with van der Waals surface area (Å²) in [6.45, 7) is 9.56. The molecule has 31 heavy (non-hydrogen) atoms. The summed E-state index contributed by atoms with van der Waals surface area (Å²) in [6, 6.07) is -1.25. The van der Waals surface area contributed by atoms with E-state index in [1.54, 1.807) is 0 Å². The quantitative estimate of drug-likeness (QED) is 0.295. The fourth-order valence-electron chi connectivity index (χ4n) is 2.77. The number of hydrogen-bond acceptors (Lipinski definition) is 8. The minimum atomic E-state index is -3.63. The third-order valence-corrected chi connectivity index (χ3v) is 4.97. The number of carbonyl (C=O) groups is 2. The Morgan fingerprint density at radius 1 is 1.10 bits per heavy atom. The first-order valence-electron chi connectivity index (χ1n) is 10.1. The molecule has 0 aliphatic rings. The highest BCUT2D eigenvalue weighted by Gasteiger charge is 2.35. The molecule has 0 aliphatic carbocycles. The zero-order valence-corrected chi connectivity index (χ0v) is 19.6. The molecule has 0 bridgehead atoms. The summed E-state index contributed by atoms with van der Waals surface area (Å²) < 4.78 is 29.4. The molecule has 0 aromatic carbocycles. The fraction of sp³-hybridized carbons (Fsp3) is 0.737. The first-order valence-corrected chi connectivity index (χ1v) is 12.0. The van der Waals surface area contributed by atoms with Crippen LogP contribution in [0, 0.1) is 17.8 Å². The van der Waals surface area contributed by atoms with Crippen molar-refractivity contribution in [2.75, 3.05) is 17.5 Å². The lowest BCUT2D eigenvalue weighted by Gasteiger charge is -2.31. The second kappa shape index (κ2) is 11.4. The van der Waals surface area contributed by atoms with Crippen LogP contribution in [-0.4, -0.2) is 66.5 Å². The van der Waals surface area contributed by atoms with Crippen LogP contribution in [0.1, 0.15) is 51.5 Å². The molecule has 5 N–H and O–H groups in total. The molecule has 0 aliphatic heterocycles. The van der Waals surface area contributed by atoms with Crippen molar-refractivity contribution in [3.8, 4) is 0 Å². The van der Waals surface area contributed by atoms with Gasteiger partial charge in [-0.25, -0.2) is 13.1 Å². The van der Waals surface area contributed by atoms with Gasteiger partial charge >= 0.3 is 6.01 Å². The molecule has 0 spiro atoms. The minimum absolute atomic E-state index is 0.0528. The molecule has 2 amide bonds. The number of amides is 2. The molecular formula is C19H34N4O7S. The van der Waals surface area contributed by atoms with E-state index < -0.39 is 46.0 Å². The second-order valence-electron chi connectivity index (χ2n) is 8.53. The maximum atomic E-state index is 12.5. The van der Waals surface area contributed by atoms with Gasteiger partial charge in [-0.2, -0.15) is 4.98 Å². The number of aliphatic hydroxyl groups is 2. The Morgan fingerprint density at radius 2 is 1.71 bits per heavy atom. The lowest BCUT2D eigenvalue weighted by molar-refractivity contribution is -0.132. The molecule has 0 radical (unpaired) electrons. The van der Waals surface area contributed by atoms with Crippen LogP contribution < -0.4 is 15.4 Å². The molecule has 4 atom stereocenters. The highest BCUT2D eigenvalue weighted by molar-refractivity contribution is 7.91. The molecule has 1 aromatic heterocycles. The Labute approximate surface area is 183 Å². The summed E-state index contributed by atoms with van der Waals surface area (Å²) in [5.41, 5.74) is -0.204. The lowest BCUT2D eigenvalue weighted by atomic mass is 9.90. The van der Waals surface area contributed by atoms with Crippen molar-refractivity contribution in [1.29, 1.82) is 0 Å². The lowest BCUT2D eigenvalue weighted by Crippen LogP contribution is -2.53. The topological polar surface area (TPSA) is 171 Å². The van der Waals surface area contributed by atoms with Crippen molar-refractivity contribution in [2.24, 2.45) is 17.8 Å². The van der Waals surface area contributed by atoms with Crippen LogP contribution in [0.2, 0.25) is 0 Å². The summed E-state index contributed by atoms with van der Waals surface area (Å²) in [6.07, 6.45) is -0.648. The van der Waals surface area contributed by atoms with E-state index in [0.29, 0.717) is 13.0 Å². The molecule has 1 heterocycles. The smallest absolute Gasteiger partial charge is 0.309 e. The predicted molar refractivity (Wildman–Crippen MR) is 115 cm³/mol. The van der Waals surface area contributed by atoms with Crippen LogP contribution in [-0.2, 0) is 14.8 Å². The van der Waals surface area contributed by atoms with E-state index in [-0.39, 0.29) is 23.5 Å². The van der Waals surface area contributed by atoms with Crippen molar-refractivity contribution in [3.63, 3.8) is 0 Å². The number of nitrogens with one attached hydrogen (secondary N) is 3. The average Bonchev–Trinajstić information content (AvgIpc) is 3.09. The molecule has 4 unspecified atom stereocenters. The molecule has 1 aromatic rings. The summed E-state index contributed by atoms with van der Waals surface area (Å²) in [4.78, 5) is 28.6. The Bertz CT molecular complexity index is 838. The third kappa shape index (κ3) is 9.23. The number of nitrogens with zero attached hydrogens (tertiary/aromatic N) is 1. The van der Waals surface area contributed by atoms with E-state index in [9.17, 15) is 28.2 Å². The SMILES string of the molecule is CC(C)CNC(=O)C(C)C(O)C(O)C(CC(C)C)NC(=O)c1coc(NS(C)(=O)=O)n1. The minimum Gasteiger partial charge on any atom is -0.431 e. The normalized spacial score (nSPS) is 15.9. The van der Waals surface area contributed by atoms with Gasteiger partial charge < -0.3 is 25.3 Å². The number of oxazole rings is 1. The zero-order chi connectivity index (χ0) is 23.9. The second-order valence-corrected chi connectivity index (χ2v) is 10.3. The molecule has 0 fully saturated rings. The molecule has 178 valence electrons. The Hall–Kier alpha value is -2.18. The summed E-state index contributed by atoms with van der Waals surface area (Å²) >= 11 is 0. The molecule has 1 rings (SSSR count). The molecule has 0 saturated carbocycles. The average molecular weight is 463 g/mol. The first kappa shape index (κ1) is 26.9. The van der Waals surface area contributed by atoms with Gasteiger partial charge in [-0.3, -0.25) is 9.59 Å². The van der Waals surface area contributed by atoms with Crippen LogP contribution in [0.4, 0.5) is 6.01 Å². The fourth-order valence-corrected chi connectivity index (χ4v) is 3.18. The molecule has 12 heteroatoms. The number of sulfonamides is 1. The van der Waals surface area contributed by atoms with E-state index in [0.717, 1.165) is 12.5 Å². The number of rotatable bonds is 12. The number of carbonyl (C=O) groups excluding carboxylic acids is 2. The van der Waals surface area contributed by atoms with Crippen molar-refractivity contribution in [3.05, 3.63) is 12.0 Å². The van der Waals surface area contributed by atoms with Crippen LogP contribution >= 0.6 is 0 Å². The van der Waals surface area contributed by atoms with E-state index in [4.69, 9.17) is 4.42 Å². The zero-order valence-electron chi connectivity index (χ0n) is 18.7. The number of aliphatic hydroxyl groups excluding tert-OH is 2. The molecular weight excluding hydrogens is 428 g/mol. The summed E-state index contributed by atoms with van der Waals surface area (Å²) in [7, 11) is -3.63. The maximum Gasteiger partial charge on any atom is 0.309 e. The molecule has 0 saturated heterocycles. The highest BCUT2D eigenvalue weighted by Crippen LogP contribution is 2.18. The Balaban J connectivity index is 2.89. The largest absolute Gasteiger partial charge is 0.431 e. The van der Waals surface area contributed by atoms with Gasteiger partial charge in [0.05, 0.1) is 24.3 Å². The van der Waals surface area contributed by atoms with Crippen LogP contribution in [0.25, 0.3) is 0 Å². The van der Waals surface area contributed by atoms with Crippen molar-refractivity contribution < 1.29 is 32.6 Å². The van der Waals surface area contributed by atoms with Gasteiger partial charge in [-0.15, -0.1) is 0 Å². The number of hydrogen-bond donors (Lipinski definition) is 5. The van der Waals surface area contributed by atoms with Crippen molar-refractivity contribution in [1.82, 2.24) is 15.6 Å². The Kier molecular flexibility index (Phi) is 9.91. The van der Waals surface area contributed by atoms with E-state index in [1.807, 2.05) is 32.4 Å². The monoisotopic (exact) mass is 462 g/mol. The van der Waals surface area contributed by atoms with Crippen molar-refractivity contribution in [2.45, 2.75) is 59.3 Å². The first-order chi connectivity index (χ1) is 14.2. The van der Waals surface area contributed by atoms with E-state index >= 15 is 0 Å². The maximum absolute atomic E-state index is 12.5. The van der Waals surface area contributed by atoms with E-state index in [1.165, 1.54) is 6.92 Å². The van der Waals surface area contributed by atoms with Gasteiger partial charge in [0.25, 0.3) is 5.91 Å². The third-order valence-electron chi connectivity index (χ3n) is 4.42. The van der Waals surface area contributed by atoms with Gasteiger partial charge in [0, 0.05) is 6.54 Å². The van der Waals surface area contributed by atoms with Gasteiger partial charge in [-0.1, -0.05) is 34.6 Å². The van der Waals surface area contributed by atoms with E-state index in [2.05, 4.69) is 15.6 Å². The van der Waals surface area contributed by atoms with Crippen LogP contribution in [0.15, 0.2) is 10.7 Å². The highest BCUT2D eigenvalue weighted by atomic mass is 32.2. The van der Waals surface area contributed by atoms with Gasteiger partial charge in [0.1, 0.15) is 12.4 Å². The van der Waals surface area contributed by atoms with Gasteiger partial charge in [0.15, 0.2) is 5.69 Å². The molecule has 11 nitrogen and oxygen atoms in total. The number of aromatic nitrogens is 1. The van der Waals surface area contributed by atoms with Crippen molar-refractivity contribution >= 4 is 27.9 Å². The summed E-state index contributed by atoms with van der Waals surface area (Å²) in [5, 5.41) is 26.5. The van der Waals surface area contributed by atoms with Crippen LogP contribution in [0.5, 0.6) is 0 Å².